The van der Waals surface area contributed by atoms with Crippen molar-refractivity contribution >= 4 is 11.9 Å². The number of hydrogen-bond acceptors (Lipinski definition) is 2. The van der Waals surface area contributed by atoms with Crippen molar-refractivity contribution in [1.82, 2.24) is 5.32 Å². The van der Waals surface area contributed by atoms with Gasteiger partial charge in [-0.05, 0) is 24.2 Å². The number of carbonyl (C=O) groups excluding carboxylic acids is 1. The fraction of sp³-hybridized carbons (Fsp3) is 0.846. The molecule has 0 aliphatic heterocycles. The smallest absolute Gasteiger partial charge is 0.326 e. The first-order chi connectivity index (χ1) is 7.78. The minimum atomic E-state index is -0.916. The van der Waals surface area contributed by atoms with Gasteiger partial charge in [-0.15, -0.1) is 0 Å². The van der Waals surface area contributed by atoms with Gasteiger partial charge < -0.3 is 10.4 Å². The lowest BCUT2D eigenvalue weighted by atomic mass is 9.90. The normalized spacial score (nSPS) is 17.6. The largest absolute Gasteiger partial charge is 0.480 e. The molecule has 4 heteroatoms. The van der Waals surface area contributed by atoms with Gasteiger partial charge in [0.2, 0.25) is 5.91 Å². The third-order valence-corrected chi connectivity index (χ3v) is 3.00. The molecule has 17 heavy (non-hydrogen) atoms. The molecular weight excluding hydrogens is 218 g/mol. The maximum Gasteiger partial charge on any atom is 0.326 e. The SMILES string of the molecule is CC(C)(C)CCC(=O)NC(CC1CC1)C(=O)O. The minimum absolute atomic E-state index is 0.104. The van der Waals surface area contributed by atoms with Gasteiger partial charge in [0.1, 0.15) is 6.04 Å². The van der Waals surface area contributed by atoms with E-state index in [4.69, 9.17) is 5.11 Å². The van der Waals surface area contributed by atoms with Crippen molar-refractivity contribution in [2.45, 2.75) is 58.9 Å². The van der Waals surface area contributed by atoms with Gasteiger partial charge in [-0.1, -0.05) is 33.6 Å². The number of aliphatic carboxylic acids is 1. The molecule has 1 amide bonds. The molecule has 0 saturated heterocycles. The van der Waals surface area contributed by atoms with Gasteiger partial charge >= 0.3 is 5.97 Å². The van der Waals surface area contributed by atoms with E-state index in [0.717, 1.165) is 19.3 Å². The van der Waals surface area contributed by atoms with Crippen molar-refractivity contribution < 1.29 is 14.7 Å². The van der Waals surface area contributed by atoms with Crippen LogP contribution in [0.25, 0.3) is 0 Å². The van der Waals surface area contributed by atoms with Gasteiger partial charge in [0.15, 0.2) is 0 Å². The van der Waals surface area contributed by atoms with Crippen molar-refractivity contribution in [1.29, 1.82) is 0 Å². The fourth-order valence-corrected chi connectivity index (χ4v) is 1.66. The molecule has 1 rings (SSSR count). The van der Waals surface area contributed by atoms with E-state index in [0.29, 0.717) is 18.8 Å². The minimum Gasteiger partial charge on any atom is -0.480 e. The first-order valence-corrected chi connectivity index (χ1v) is 6.30. The van der Waals surface area contributed by atoms with Crippen molar-refractivity contribution in [3.05, 3.63) is 0 Å². The Balaban J connectivity index is 2.32. The van der Waals surface area contributed by atoms with E-state index in [1.807, 2.05) is 0 Å². The molecule has 0 aromatic rings. The van der Waals surface area contributed by atoms with Crippen LogP contribution in [0.5, 0.6) is 0 Å². The summed E-state index contributed by atoms with van der Waals surface area (Å²) in [7, 11) is 0. The van der Waals surface area contributed by atoms with Gasteiger partial charge in [-0.25, -0.2) is 4.79 Å². The summed E-state index contributed by atoms with van der Waals surface area (Å²) < 4.78 is 0. The molecule has 0 radical (unpaired) electrons. The molecule has 0 aromatic heterocycles. The molecule has 0 spiro atoms. The monoisotopic (exact) mass is 241 g/mol. The molecule has 1 atom stereocenters. The van der Waals surface area contributed by atoms with Crippen LogP contribution in [0.4, 0.5) is 0 Å². The third kappa shape index (κ3) is 6.29. The van der Waals surface area contributed by atoms with Crippen molar-refractivity contribution in [3.8, 4) is 0 Å². The molecule has 4 nitrogen and oxygen atoms in total. The maximum absolute atomic E-state index is 11.6. The summed E-state index contributed by atoms with van der Waals surface area (Å²) in [5.41, 5.74) is 0.104. The van der Waals surface area contributed by atoms with Crippen LogP contribution >= 0.6 is 0 Å². The van der Waals surface area contributed by atoms with Crippen LogP contribution in [-0.4, -0.2) is 23.0 Å². The fourth-order valence-electron chi connectivity index (χ4n) is 1.66. The van der Waals surface area contributed by atoms with Gasteiger partial charge in [-0.3, -0.25) is 4.79 Å². The molecule has 0 aromatic carbocycles. The van der Waals surface area contributed by atoms with Crippen LogP contribution in [0, 0.1) is 11.3 Å². The molecule has 1 aliphatic rings. The van der Waals surface area contributed by atoms with Crippen LogP contribution in [0.3, 0.4) is 0 Å². The van der Waals surface area contributed by atoms with Crippen molar-refractivity contribution in [2.75, 3.05) is 0 Å². The Kier molecular flexibility index (Phi) is 4.54. The highest BCUT2D eigenvalue weighted by Crippen LogP contribution is 2.33. The van der Waals surface area contributed by atoms with Gasteiger partial charge in [-0.2, -0.15) is 0 Å². The summed E-state index contributed by atoms with van der Waals surface area (Å²) in [6.07, 6.45) is 3.95. The predicted molar refractivity (Wildman–Crippen MR) is 65.6 cm³/mol. The van der Waals surface area contributed by atoms with Crippen LogP contribution < -0.4 is 5.32 Å². The van der Waals surface area contributed by atoms with E-state index in [1.54, 1.807) is 0 Å². The Morgan fingerprint density at radius 1 is 1.35 bits per heavy atom. The molecule has 1 aliphatic carbocycles. The quantitative estimate of drug-likeness (QED) is 0.749. The number of carboxylic acids is 1. The van der Waals surface area contributed by atoms with Gasteiger partial charge in [0, 0.05) is 6.42 Å². The van der Waals surface area contributed by atoms with E-state index in [9.17, 15) is 9.59 Å². The van der Waals surface area contributed by atoms with Crippen LogP contribution in [0.2, 0.25) is 0 Å². The second-order valence-electron chi connectivity index (χ2n) is 6.20. The first kappa shape index (κ1) is 14.0. The molecule has 1 fully saturated rings. The zero-order valence-corrected chi connectivity index (χ0v) is 11.0. The van der Waals surface area contributed by atoms with E-state index in [1.165, 1.54) is 0 Å². The number of hydrogen-bond donors (Lipinski definition) is 2. The Labute approximate surface area is 103 Å². The van der Waals surface area contributed by atoms with E-state index >= 15 is 0 Å². The first-order valence-electron chi connectivity index (χ1n) is 6.30. The number of amides is 1. The second kappa shape index (κ2) is 5.52. The highest BCUT2D eigenvalue weighted by molar-refractivity contribution is 5.83. The lowest BCUT2D eigenvalue weighted by Gasteiger charge is -2.19. The standard InChI is InChI=1S/C13H23NO3/c1-13(2,3)7-6-11(15)14-10(12(16)17)8-9-4-5-9/h9-10H,4-8H2,1-3H3,(H,14,15)(H,16,17). The average Bonchev–Trinajstić information content (AvgIpc) is 2.96. The summed E-state index contributed by atoms with van der Waals surface area (Å²) in [5.74, 6) is -0.562. The summed E-state index contributed by atoms with van der Waals surface area (Å²) in [5, 5.41) is 11.6. The summed E-state index contributed by atoms with van der Waals surface area (Å²) in [6, 6.07) is -0.699. The highest BCUT2D eigenvalue weighted by atomic mass is 16.4. The van der Waals surface area contributed by atoms with Gasteiger partial charge in [0.05, 0.1) is 0 Å². The third-order valence-electron chi connectivity index (χ3n) is 3.00. The van der Waals surface area contributed by atoms with E-state index in [-0.39, 0.29) is 11.3 Å². The molecule has 0 bridgehead atoms. The van der Waals surface area contributed by atoms with Crippen molar-refractivity contribution in [2.24, 2.45) is 11.3 Å². The van der Waals surface area contributed by atoms with E-state index < -0.39 is 12.0 Å². The van der Waals surface area contributed by atoms with Crippen LogP contribution in [0.15, 0.2) is 0 Å². The van der Waals surface area contributed by atoms with Crippen LogP contribution in [-0.2, 0) is 9.59 Å². The lowest BCUT2D eigenvalue weighted by molar-refractivity contribution is -0.142. The van der Waals surface area contributed by atoms with Crippen molar-refractivity contribution in [3.63, 3.8) is 0 Å². The predicted octanol–water partition coefficient (Wildman–Crippen LogP) is 2.18. The summed E-state index contributed by atoms with van der Waals surface area (Å²) >= 11 is 0. The van der Waals surface area contributed by atoms with E-state index in [2.05, 4.69) is 26.1 Å². The zero-order valence-electron chi connectivity index (χ0n) is 11.0. The number of carbonyl (C=O) groups is 2. The number of carboxylic acid groups (broad SMARTS) is 1. The molecule has 0 heterocycles. The van der Waals surface area contributed by atoms with Gasteiger partial charge in [0.25, 0.3) is 0 Å². The molecule has 98 valence electrons. The highest BCUT2D eigenvalue weighted by Gasteiger charge is 2.30. The Morgan fingerprint density at radius 3 is 2.35 bits per heavy atom. The Morgan fingerprint density at radius 2 is 1.94 bits per heavy atom. The molecule has 1 saturated carbocycles. The topological polar surface area (TPSA) is 66.4 Å². The zero-order chi connectivity index (χ0) is 13.1. The Hall–Kier alpha value is -1.06. The lowest BCUT2D eigenvalue weighted by Crippen LogP contribution is -2.41. The Bertz CT molecular complexity index is 290. The molecular formula is C13H23NO3. The second-order valence-corrected chi connectivity index (χ2v) is 6.20. The summed E-state index contributed by atoms with van der Waals surface area (Å²) in [4.78, 5) is 22.6. The number of rotatable bonds is 6. The molecule has 2 N–H and O–H groups in total. The number of nitrogens with one attached hydrogen (secondary N) is 1. The average molecular weight is 241 g/mol. The maximum atomic E-state index is 11.6. The summed E-state index contributed by atoms with van der Waals surface area (Å²) in [6.45, 7) is 6.21. The van der Waals surface area contributed by atoms with Crippen LogP contribution in [0.1, 0.15) is 52.9 Å². The molecule has 1 unspecified atom stereocenters.